The zero-order valence-corrected chi connectivity index (χ0v) is 13.0. The lowest BCUT2D eigenvalue weighted by Crippen LogP contribution is -3.08. The van der Waals surface area contributed by atoms with Gasteiger partial charge in [0.15, 0.2) is 6.54 Å². The van der Waals surface area contributed by atoms with Gasteiger partial charge in [0.05, 0.1) is 11.9 Å². The third-order valence-electron chi connectivity index (χ3n) is 3.31. The molecule has 1 aromatic heterocycles. The molecule has 0 spiro atoms. The van der Waals surface area contributed by atoms with Crippen molar-refractivity contribution in [2.45, 2.75) is 20.4 Å². The molecule has 1 heterocycles. The van der Waals surface area contributed by atoms with E-state index in [0.717, 1.165) is 17.8 Å². The summed E-state index contributed by atoms with van der Waals surface area (Å²) in [6.45, 7) is 5.49. The van der Waals surface area contributed by atoms with E-state index in [0.29, 0.717) is 6.54 Å². The van der Waals surface area contributed by atoms with E-state index in [9.17, 15) is 4.79 Å². The molecular formula is C16H21N2OS+. The molecule has 20 heavy (non-hydrogen) atoms. The Morgan fingerprint density at radius 3 is 2.60 bits per heavy atom. The molecule has 2 aromatic rings. The van der Waals surface area contributed by atoms with E-state index in [1.165, 1.54) is 15.3 Å². The molecule has 2 rings (SSSR count). The minimum absolute atomic E-state index is 0.0611. The summed E-state index contributed by atoms with van der Waals surface area (Å²) in [5.74, 6) is 0.0611. The number of aryl methyl sites for hydroxylation is 2. The first-order chi connectivity index (χ1) is 9.56. The van der Waals surface area contributed by atoms with Crippen LogP contribution in [-0.4, -0.2) is 19.5 Å². The number of carbonyl (C=O) groups excluding carboxylic acids is 1. The summed E-state index contributed by atoms with van der Waals surface area (Å²) >= 11 is 1.76. The summed E-state index contributed by atoms with van der Waals surface area (Å²) in [6, 6.07) is 9.98. The van der Waals surface area contributed by atoms with Gasteiger partial charge in [0.2, 0.25) is 0 Å². The predicted octanol–water partition coefficient (Wildman–Crippen LogP) is 2.02. The number of hydrogen-bond acceptors (Lipinski definition) is 2. The number of quaternary nitrogens is 1. The van der Waals surface area contributed by atoms with E-state index < -0.39 is 0 Å². The van der Waals surface area contributed by atoms with Gasteiger partial charge in [-0.2, -0.15) is 0 Å². The van der Waals surface area contributed by atoms with Gasteiger partial charge < -0.3 is 10.2 Å². The van der Waals surface area contributed by atoms with Gasteiger partial charge in [0.1, 0.15) is 6.54 Å². The Labute approximate surface area is 124 Å². The first-order valence-electron chi connectivity index (χ1n) is 6.76. The lowest BCUT2D eigenvalue weighted by molar-refractivity contribution is -0.884. The Balaban J connectivity index is 1.88. The second kappa shape index (κ2) is 6.68. The second-order valence-corrected chi connectivity index (χ2v) is 6.20. The zero-order valence-electron chi connectivity index (χ0n) is 12.2. The molecule has 1 aromatic carbocycles. The van der Waals surface area contributed by atoms with Crippen LogP contribution in [0, 0.1) is 13.8 Å². The average molecular weight is 289 g/mol. The normalized spacial score (nSPS) is 12.2. The maximum Gasteiger partial charge on any atom is 0.279 e. The maximum absolute atomic E-state index is 12.1. The van der Waals surface area contributed by atoms with Crippen LogP contribution < -0.4 is 10.2 Å². The van der Waals surface area contributed by atoms with Crippen molar-refractivity contribution in [1.82, 2.24) is 0 Å². The van der Waals surface area contributed by atoms with Crippen LogP contribution in [0.25, 0.3) is 0 Å². The third kappa shape index (κ3) is 3.92. The molecule has 0 saturated carbocycles. The molecule has 1 amide bonds. The van der Waals surface area contributed by atoms with E-state index >= 15 is 0 Å². The molecule has 2 N–H and O–H groups in total. The highest BCUT2D eigenvalue weighted by Crippen LogP contribution is 2.14. The van der Waals surface area contributed by atoms with Gasteiger partial charge in [-0.15, -0.1) is 11.3 Å². The molecule has 0 aliphatic rings. The molecule has 1 unspecified atom stereocenters. The van der Waals surface area contributed by atoms with Gasteiger partial charge >= 0.3 is 0 Å². The van der Waals surface area contributed by atoms with E-state index in [4.69, 9.17) is 0 Å². The van der Waals surface area contributed by atoms with Crippen molar-refractivity contribution in [3.63, 3.8) is 0 Å². The number of rotatable bonds is 5. The summed E-state index contributed by atoms with van der Waals surface area (Å²) in [7, 11) is 2.05. The van der Waals surface area contributed by atoms with Crippen LogP contribution in [0.15, 0.2) is 35.7 Å². The number of hydrogen-bond donors (Lipinski definition) is 2. The summed E-state index contributed by atoms with van der Waals surface area (Å²) in [4.78, 5) is 14.6. The molecule has 0 radical (unpaired) electrons. The summed E-state index contributed by atoms with van der Waals surface area (Å²) < 4.78 is 0. The van der Waals surface area contributed by atoms with Gasteiger partial charge in [-0.1, -0.05) is 18.2 Å². The highest BCUT2D eigenvalue weighted by atomic mass is 32.1. The number of para-hydroxylation sites is 1. The lowest BCUT2D eigenvalue weighted by atomic mass is 10.2. The lowest BCUT2D eigenvalue weighted by Gasteiger charge is -2.14. The van der Waals surface area contributed by atoms with Crippen molar-refractivity contribution < 1.29 is 9.69 Å². The number of amides is 1. The van der Waals surface area contributed by atoms with Gasteiger partial charge in [-0.05, 0) is 42.5 Å². The van der Waals surface area contributed by atoms with Crippen LogP contribution in [0.2, 0.25) is 0 Å². The highest BCUT2D eigenvalue weighted by molar-refractivity contribution is 7.10. The fourth-order valence-electron chi connectivity index (χ4n) is 2.10. The monoisotopic (exact) mass is 289 g/mol. The number of carbonyl (C=O) groups is 1. The van der Waals surface area contributed by atoms with E-state index in [1.807, 2.05) is 31.2 Å². The van der Waals surface area contributed by atoms with Gasteiger partial charge in [0, 0.05) is 5.69 Å². The van der Waals surface area contributed by atoms with Crippen molar-refractivity contribution in [2.75, 3.05) is 18.9 Å². The Hall–Kier alpha value is -1.65. The quantitative estimate of drug-likeness (QED) is 0.867. The van der Waals surface area contributed by atoms with Crippen LogP contribution in [0.1, 0.15) is 16.0 Å². The fraction of sp³-hybridized carbons (Fsp3) is 0.312. The van der Waals surface area contributed by atoms with Crippen molar-refractivity contribution in [3.05, 3.63) is 51.7 Å². The number of likely N-dealkylation sites (N-methyl/N-ethyl adjacent to an activating group) is 1. The van der Waals surface area contributed by atoms with Crippen molar-refractivity contribution >= 4 is 22.9 Å². The smallest absolute Gasteiger partial charge is 0.279 e. The van der Waals surface area contributed by atoms with E-state index in [2.05, 4.69) is 30.7 Å². The Bertz CT molecular complexity index is 592. The minimum atomic E-state index is 0.0611. The van der Waals surface area contributed by atoms with Crippen LogP contribution in [0.5, 0.6) is 0 Å². The average Bonchev–Trinajstić information content (AvgIpc) is 2.77. The Morgan fingerprint density at radius 1 is 1.20 bits per heavy atom. The largest absolute Gasteiger partial charge is 0.325 e. The van der Waals surface area contributed by atoms with Crippen molar-refractivity contribution in [2.24, 2.45) is 0 Å². The van der Waals surface area contributed by atoms with Gasteiger partial charge in [0.25, 0.3) is 5.91 Å². The first-order valence-corrected chi connectivity index (χ1v) is 7.64. The number of thiophene rings is 1. The number of nitrogens with one attached hydrogen (secondary N) is 2. The molecular weight excluding hydrogens is 268 g/mol. The summed E-state index contributed by atoms with van der Waals surface area (Å²) in [5.41, 5.74) is 3.30. The molecule has 0 fully saturated rings. The molecule has 0 bridgehead atoms. The van der Waals surface area contributed by atoms with E-state index in [1.54, 1.807) is 11.3 Å². The predicted molar refractivity (Wildman–Crippen MR) is 84.3 cm³/mol. The number of benzene rings is 1. The summed E-state index contributed by atoms with van der Waals surface area (Å²) in [5, 5.41) is 5.08. The standard InChI is InChI=1S/C16H20N2OS/c1-12-6-4-5-7-14(12)17-16(19)11-18(3)10-15-13(2)8-9-20-15/h4-9H,10-11H2,1-3H3,(H,17,19)/p+1. The van der Waals surface area contributed by atoms with Crippen LogP contribution >= 0.6 is 11.3 Å². The van der Waals surface area contributed by atoms with Crippen LogP contribution in [0.3, 0.4) is 0 Å². The topological polar surface area (TPSA) is 33.5 Å². The third-order valence-corrected chi connectivity index (χ3v) is 4.33. The fourth-order valence-corrected chi connectivity index (χ4v) is 3.12. The maximum atomic E-state index is 12.1. The van der Waals surface area contributed by atoms with Crippen LogP contribution in [0.4, 0.5) is 5.69 Å². The second-order valence-electron chi connectivity index (χ2n) is 5.20. The Kier molecular flexibility index (Phi) is 4.93. The SMILES string of the molecule is Cc1ccccc1NC(=O)C[NH+](C)Cc1sccc1C. The van der Waals surface area contributed by atoms with Gasteiger partial charge in [-0.3, -0.25) is 4.79 Å². The molecule has 0 saturated heterocycles. The molecule has 1 atom stereocenters. The molecule has 4 heteroatoms. The van der Waals surface area contributed by atoms with Gasteiger partial charge in [-0.25, -0.2) is 0 Å². The summed E-state index contributed by atoms with van der Waals surface area (Å²) in [6.07, 6.45) is 0. The molecule has 0 aliphatic carbocycles. The van der Waals surface area contributed by atoms with Crippen LogP contribution in [-0.2, 0) is 11.3 Å². The molecule has 106 valence electrons. The van der Waals surface area contributed by atoms with Crippen molar-refractivity contribution in [1.29, 1.82) is 0 Å². The highest BCUT2D eigenvalue weighted by Gasteiger charge is 2.13. The number of anilines is 1. The molecule has 3 nitrogen and oxygen atoms in total. The Morgan fingerprint density at radius 2 is 1.95 bits per heavy atom. The van der Waals surface area contributed by atoms with E-state index in [-0.39, 0.29) is 5.91 Å². The first kappa shape index (κ1) is 14.8. The zero-order chi connectivity index (χ0) is 14.5. The van der Waals surface area contributed by atoms with Crippen molar-refractivity contribution in [3.8, 4) is 0 Å². The minimum Gasteiger partial charge on any atom is -0.325 e. The molecule has 0 aliphatic heterocycles.